The van der Waals surface area contributed by atoms with Crippen LogP contribution in [0.5, 0.6) is 0 Å². The van der Waals surface area contributed by atoms with Crippen LogP contribution in [0.2, 0.25) is 0 Å². The zero-order chi connectivity index (χ0) is 12.4. The van der Waals surface area contributed by atoms with Crippen LogP contribution in [-0.4, -0.2) is 10.2 Å². The van der Waals surface area contributed by atoms with E-state index in [2.05, 4.69) is 15.5 Å². The molecule has 1 aromatic heterocycles. The van der Waals surface area contributed by atoms with Crippen molar-refractivity contribution >= 4 is 16.6 Å². The SMILES string of the molecule is Fc1cccc(CNc2ccc3cn[nH]c3c2)c1. The molecule has 0 spiro atoms. The van der Waals surface area contributed by atoms with Gasteiger partial charge >= 0.3 is 0 Å². The summed E-state index contributed by atoms with van der Waals surface area (Å²) < 4.78 is 13.0. The van der Waals surface area contributed by atoms with E-state index >= 15 is 0 Å². The van der Waals surface area contributed by atoms with Crippen LogP contribution >= 0.6 is 0 Å². The summed E-state index contributed by atoms with van der Waals surface area (Å²) in [7, 11) is 0. The molecule has 0 saturated carbocycles. The fourth-order valence-electron chi connectivity index (χ4n) is 1.90. The molecule has 0 fully saturated rings. The van der Waals surface area contributed by atoms with Crippen LogP contribution in [0, 0.1) is 5.82 Å². The number of fused-ring (bicyclic) bond motifs is 1. The first-order valence-corrected chi connectivity index (χ1v) is 5.73. The van der Waals surface area contributed by atoms with Gasteiger partial charge in [0.25, 0.3) is 0 Å². The molecule has 1 heterocycles. The molecule has 0 saturated heterocycles. The normalized spacial score (nSPS) is 10.7. The molecule has 90 valence electrons. The van der Waals surface area contributed by atoms with Gasteiger partial charge in [0.2, 0.25) is 0 Å². The molecular weight excluding hydrogens is 229 g/mol. The van der Waals surface area contributed by atoms with Gasteiger partial charge < -0.3 is 5.32 Å². The molecular formula is C14H12FN3. The second kappa shape index (κ2) is 4.49. The number of halogens is 1. The Bertz CT molecular complexity index is 675. The Morgan fingerprint density at radius 2 is 2.11 bits per heavy atom. The van der Waals surface area contributed by atoms with Crippen molar-refractivity contribution in [3.8, 4) is 0 Å². The highest BCUT2D eigenvalue weighted by Gasteiger charge is 1.99. The maximum atomic E-state index is 13.0. The predicted octanol–water partition coefficient (Wildman–Crippen LogP) is 3.31. The molecule has 0 radical (unpaired) electrons. The largest absolute Gasteiger partial charge is 0.381 e. The Balaban J connectivity index is 1.76. The number of aromatic nitrogens is 2. The predicted molar refractivity (Wildman–Crippen MR) is 69.8 cm³/mol. The van der Waals surface area contributed by atoms with Crippen LogP contribution < -0.4 is 5.32 Å². The smallest absolute Gasteiger partial charge is 0.123 e. The highest BCUT2D eigenvalue weighted by atomic mass is 19.1. The number of hydrogen-bond donors (Lipinski definition) is 2. The summed E-state index contributed by atoms with van der Waals surface area (Å²) in [6.07, 6.45) is 1.78. The first kappa shape index (κ1) is 10.8. The second-order valence-electron chi connectivity index (χ2n) is 4.16. The van der Waals surface area contributed by atoms with Crippen molar-refractivity contribution in [1.29, 1.82) is 0 Å². The summed E-state index contributed by atoms with van der Waals surface area (Å²) in [5.74, 6) is -0.210. The molecule has 0 amide bonds. The van der Waals surface area contributed by atoms with Crippen LogP contribution in [0.4, 0.5) is 10.1 Å². The molecule has 0 aliphatic rings. The van der Waals surface area contributed by atoms with Crippen molar-refractivity contribution in [1.82, 2.24) is 10.2 Å². The van der Waals surface area contributed by atoms with E-state index in [9.17, 15) is 4.39 Å². The van der Waals surface area contributed by atoms with Crippen LogP contribution in [-0.2, 0) is 6.54 Å². The molecule has 0 bridgehead atoms. The number of hydrogen-bond acceptors (Lipinski definition) is 2. The van der Waals surface area contributed by atoms with E-state index in [1.54, 1.807) is 12.3 Å². The summed E-state index contributed by atoms with van der Waals surface area (Å²) >= 11 is 0. The maximum Gasteiger partial charge on any atom is 0.123 e. The van der Waals surface area contributed by atoms with Gasteiger partial charge in [-0.3, -0.25) is 5.10 Å². The number of benzene rings is 2. The Kier molecular flexibility index (Phi) is 2.68. The quantitative estimate of drug-likeness (QED) is 0.738. The monoisotopic (exact) mass is 241 g/mol. The third-order valence-electron chi connectivity index (χ3n) is 2.83. The summed E-state index contributed by atoms with van der Waals surface area (Å²) in [4.78, 5) is 0. The molecule has 0 aliphatic carbocycles. The third-order valence-corrected chi connectivity index (χ3v) is 2.83. The average Bonchev–Trinajstić information content (AvgIpc) is 2.84. The Hall–Kier alpha value is -2.36. The number of anilines is 1. The Labute approximate surface area is 104 Å². The lowest BCUT2D eigenvalue weighted by Crippen LogP contribution is -1.99. The fraction of sp³-hybridized carbons (Fsp3) is 0.0714. The van der Waals surface area contributed by atoms with E-state index in [0.717, 1.165) is 22.2 Å². The summed E-state index contributed by atoms with van der Waals surface area (Å²) in [5, 5.41) is 11.2. The lowest BCUT2D eigenvalue weighted by atomic mass is 10.2. The molecule has 0 unspecified atom stereocenters. The van der Waals surface area contributed by atoms with Gasteiger partial charge in [-0.2, -0.15) is 5.10 Å². The van der Waals surface area contributed by atoms with E-state index < -0.39 is 0 Å². The van der Waals surface area contributed by atoms with Gasteiger partial charge in [-0.05, 0) is 35.9 Å². The molecule has 0 atom stereocenters. The van der Waals surface area contributed by atoms with E-state index in [1.165, 1.54) is 12.1 Å². The summed E-state index contributed by atoms with van der Waals surface area (Å²) in [6, 6.07) is 12.5. The van der Waals surface area contributed by atoms with Crippen molar-refractivity contribution in [3.05, 3.63) is 60.0 Å². The molecule has 0 aliphatic heterocycles. The number of aromatic amines is 1. The Morgan fingerprint density at radius 1 is 1.17 bits per heavy atom. The number of nitrogens with zero attached hydrogens (tertiary/aromatic N) is 1. The molecule has 4 heteroatoms. The van der Waals surface area contributed by atoms with Gasteiger partial charge in [-0.1, -0.05) is 12.1 Å². The van der Waals surface area contributed by atoms with E-state index in [4.69, 9.17) is 0 Å². The van der Waals surface area contributed by atoms with Gasteiger partial charge in [0, 0.05) is 17.6 Å². The van der Waals surface area contributed by atoms with Crippen molar-refractivity contribution in [2.24, 2.45) is 0 Å². The number of rotatable bonds is 3. The van der Waals surface area contributed by atoms with Crippen LogP contribution in [0.3, 0.4) is 0 Å². The molecule has 2 aromatic carbocycles. The third kappa shape index (κ3) is 2.18. The van der Waals surface area contributed by atoms with Crippen LogP contribution in [0.1, 0.15) is 5.56 Å². The minimum Gasteiger partial charge on any atom is -0.381 e. The molecule has 2 N–H and O–H groups in total. The highest BCUT2D eigenvalue weighted by molar-refractivity contribution is 5.81. The topological polar surface area (TPSA) is 40.7 Å². The highest BCUT2D eigenvalue weighted by Crippen LogP contribution is 2.17. The van der Waals surface area contributed by atoms with Gasteiger partial charge in [0.15, 0.2) is 0 Å². The van der Waals surface area contributed by atoms with Gasteiger partial charge in [0.1, 0.15) is 5.82 Å². The van der Waals surface area contributed by atoms with E-state index in [0.29, 0.717) is 6.54 Å². The summed E-state index contributed by atoms with van der Waals surface area (Å²) in [5.41, 5.74) is 2.88. The fourth-order valence-corrected chi connectivity index (χ4v) is 1.90. The summed E-state index contributed by atoms with van der Waals surface area (Å²) in [6.45, 7) is 0.595. The molecule has 3 aromatic rings. The van der Waals surface area contributed by atoms with Crippen molar-refractivity contribution in [2.75, 3.05) is 5.32 Å². The van der Waals surface area contributed by atoms with E-state index in [1.807, 2.05) is 24.3 Å². The van der Waals surface area contributed by atoms with Gasteiger partial charge in [-0.25, -0.2) is 4.39 Å². The van der Waals surface area contributed by atoms with Crippen LogP contribution in [0.15, 0.2) is 48.7 Å². The zero-order valence-corrected chi connectivity index (χ0v) is 9.65. The number of nitrogens with one attached hydrogen (secondary N) is 2. The van der Waals surface area contributed by atoms with Crippen LogP contribution in [0.25, 0.3) is 10.9 Å². The van der Waals surface area contributed by atoms with Crippen molar-refractivity contribution in [2.45, 2.75) is 6.54 Å². The zero-order valence-electron chi connectivity index (χ0n) is 9.65. The first-order valence-electron chi connectivity index (χ1n) is 5.73. The van der Waals surface area contributed by atoms with Gasteiger partial charge in [-0.15, -0.1) is 0 Å². The van der Waals surface area contributed by atoms with Crippen molar-refractivity contribution < 1.29 is 4.39 Å². The van der Waals surface area contributed by atoms with Crippen molar-refractivity contribution in [3.63, 3.8) is 0 Å². The number of H-pyrrole nitrogens is 1. The molecule has 18 heavy (non-hydrogen) atoms. The van der Waals surface area contributed by atoms with Gasteiger partial charge in [0.05, 0.1) is 11.7 Å². The second-order valence-corrected chi connectivity index (χ2v) is 4.16. The lowest BCUT2D eigenvalue weighted by Gasteiger charge is -2.06. The Morgan fingerprint density at radius 3 is 3.00 bits per heavy atom. The average molecular weight is 241 g/mol. The first-order chi connectivity index (χ1) is 8.81. The van der Waals surface area contributed by atoms with E-state index in [-0.39, 0.29) is 5.82 Å². The lowest BCUT2D eigenvalue weighted by molar-refractivity contribution is 0.626. The standard InChI is InChI=1S/C14H12FN3/c15-12-3-1-2-10(6-12)8-16-13-5-4-11-9-17-18-14(11)7-13/h1-7,9,16H,8H2,(H,17,18). The maximum absolute atomic E-state index is 13.0. The molecule has 3 rings (SSSR count). The molecule has 3 nitrogen and oxygen atoms in total. The minimum absolute atomic E-state index is 0.210. The minimum atomic E-state index is -0.210.